The zero-order valence-electron chi connectivity index (χ0n) is 13.3. The van der Waals surface area contributed by atoms with Crippen LogP contribution >= 0.6 is 15.9 Å². The van der Waals surface area contributed by atoms with Crippen molar-refractivity contribution in [1.29, 1.82) is 0 Å². The highest BCUT2D eigenvalue weighted by Crippen LogP contribution is 2.14. The molecule has 1 heterocycles. The molecule has 0 saturated carbocycles. The minimum atomic E-state index is 0.622. The third-order valence-corrected chi connectivity index (χ3v) is 4.44. The Hall–Kier alpha value is -0.460. The summed E-state index contributed by atoms with van der Waals surface area (Å²) >= 11 is 3.57. The van der Waals surface area contributed by atoms with Crippen LogP contribution in [0, 0.1) is 5.92 Å². The molecule has 0 aromatic heterocycles. The van der Waals surface area contributed by atoms with Crippen LogP contribution in [0.1, 0.15) is 12.0 Å². The molecule has 0 amide bonds. The van der Waals surface area contributed by atoms with Crippen molar-refractivity contribution in [3.63, 3.8) is 0 Å². The van der Waals surface area contributed by atoms with E-state index in [0.717, 1.165) is 58.8 Å². The fourth-order valence-corrected chi connectivity index (χ4v) is 3.21. The normalized spacial score (nSPS) is 20.4. The summed E-state index contributed by atoms with van der Waals surface area (Å²) < 4.78 is 1.17. The van der Waals surface area contributed by atoms with E-state index in [2.05, 4.69) is 61.5 Å². The Kier molecular flexibility index (Phi) is 9.05. The predicted octanol–water partition coefficient (Wildman–Crippen LogP) is 1.37. The topological polar surface area (TPSA) is 48.1 Å². The lowest BCUT2D eigenvalue weighted by atomic mass is 9.99. The van der Waals surface area contributed by atoms with Gasteiger partial charge in [0.25, 0.3) is 0 Å². The maximum absolute atomic E-state index is 3.59. The minimum Gasteiger partial charge on any atom is -0.315 e. The average molecular weight is 369 g/mol. The number of rotatable bonds is 2. The van der Waals surface area contributed by atoms with E-state index in [1.165, 1.54) is 16.5 Å². The van der Waals surface area contributed by atoms with E-state index < -0.39 is 0 Å². The lowest BCUT2D eigenvalue weighted by molar-refractivity contribution is 0.430. The van der Waals surface area contributed by atoms with Crippen molar-refractivity contribution < 1.29 is 0 Å². The van der Waals surface area contributed by atoms with Gasteiger partial charge in [-0.15, -0.1) is 0 Å². The Labute approximate surface area is 143 Å². The lowest BCUT2D eigenvalue weighted by Crippen LogP contribution is -2.39. The van der Waals surface area contributed by atoms with Crippen LogP contribution in [-0.2, 0) is 6.42 Å². The molecule has 1 aromatic carbocycles. The summed E-state index contributed by atoms with van der Waals surface area (Å²) in [5.74, 6) is 0.622. The highest BCUT2D eigenvalue weighted by Gasteiger charge is 2.10. The van der Waals surface area contributed by atoms with Gasteiger partial charge in [-0.05, 0) is 62.6 Å². The standard InChI is InChI=1S/C17H29BrN4/c18-17-4-1-3-15(12-17)11-16-13-21-9-7-19-5-2-6-20-8-10-22-14-16/h1,3-4,12,16,19-22H,2,5-11,13-14H2. The van der Waals surface area contributed by atoms with Crippen molar-refractivity contribution in [2.24, 2.45) is 5.92 Å². The highest BCUT2D eigenvalue weighted by atomic mass is 79.9. The second-order valence-electron chi connectivity index (χ2n) is 5.96. The van der Waals surface area contributed by atoms with Crippen molar-refractivity contribution in [2.75, 3.05) is 52.4 Å². The molecule has 0 unspecified atom stereocenters. The van der Waals surface area contributed by atoms with E-state index in [0.29, 0.717) is 5.92 Å². The first-order valence-electron chi connectivity index (χ1n) is 8.42. The van der Waals surface area contributed by atoms with Crippen LogP contribution in [0.5, 0.6) is 0 Å². The molecule has 5 heteroatoms. The molecular weight excluding hydrogens is 340 g/mol. The molecule has 22 heavy (non-hydrogen) atoms. The van der Waals surface area contributed by atoms with Crippen molar-refractivity contribution in [3.8, 4) is 0 Å². The van der Waals surface area contributed by atoms with Gasteiger partial charge in [-0.3, -0.25) is 0 Å². The second-order valence-corrected chi connectivity index (χ2v) is 6.88. The van der Waals surface area contributed by atoms with Crippen molar-refractivity contribution in [1.82, 2.24) is 21.3 Å². The molecule has 1 aromatic rings. The average Bonchev–Trinajstić information content (AvgIpc) is 2.51. The molecule has 124 valence electrons. The fourth-order valence-electron chi connectivity index (χ4n) is 2.77. The van der Waals surface area contributed by atoms with Crippen LogP contribution in [0.4, 0.5) is 0 Å². The first kappa shape index (κ1) is 17.9. The monoisotopic (exact) mass is 368 g/mol. The smallest absolute Gasteiger partial charge is 0.0177 e. The molecule has 0 radical (unpaired) electrons. The zero-order chi connectivity index (χ0) is 15.5. The van der Waals surface area contributed by atoms with E-state index in [9.17, 15) is 0 Å². The number of hydrogen-bond donors (Lipinski definition) is 4. The van der Waals surface area contributed by atoms with Gasteiger partial charge < -0.3 is 21.3 Å². The molecule has 0 atom stereocenters. The highest BCUT2D eigenvalue weighted by molar-refractivity contribution is 9.10. The van der Waals surface area contributed by atoms with Crippen molar-refractivity contribution >= 4 is 15.9 Å². The first-order valence-corrected chi connectivity index (χ1v) is 9.21. The van der Waals surface area contributed by atoms with Crippen molar-refractivity contribution in [2.45, 2.75) is 12.8 Å². The van der Waals surface area contributed by atoms with E-state index in [4.69, 9.17) is 0 Å². The third kappa shape index (κ3) is 7.70. The van der Waals surface area contributed by atoms with Gasteiger partial charge in [0.15, 0.2) is 0 Å². The molecule has 0 bridgehead atoms. The SMILES string of the molecule is Brc1cccc(CC2CNCCNCCCNCCNC2)c1. The maximum Gasteiger partial charge on any atom is 0.0177 e. The Bertz CT molecular complexity index is 399. The summed E-state index contributed by atoms with van der Waals surface area (Å²) in [6, 6.07) is 8.66. The Morgan fingerprint density at radius 1 is 0.864 bits per heavy atom. The molecule has 1 aliphatic rings. The molecule has 4 nitrogen and oxygen atoms in total. The summed E-state index contributed by atoms with van der Waals surface area (Å²) in [6.07, 6.45) is 2.31. The summed E-state index contributed by atoms with van der Waals surface area (Å²) in [5.41, 5.74) is 1.40. The molecule has 0 spiro atoms. The first-order chi connectivity index (χ1) is 10.8. The number of benzene rings is 1. The third-order valence-electron chi connectivity index (χ3n) is 3.94. The van der Waals surface area contributed by atoms with E-state index in [-0.39, 0.29) is 0 Å². The van der Waals surface area contributed by atoms with Crippen LogP contribution in [0.25, 0.3) is 0 Å². The molecule has 4 N–H and O–H groups in total. The minimum absolute atomic E-state index is 0.622. The zero-order valence-corrected chi connectivity index (χ0v) is 14.9. The Morgan fingerprint density at radius 3 is 2.14 bits per heavy atom. The van der Waals surface area contributed by atoms with Crippen LogP contribution in [0.15, 0.2) is 28.7 Å². The van der Waals surface area contributed by atoms with Gasteiger partial charge in [0.1, 0.15) is 0 Å². The van der Waals surface area contributed by atoms with Crippen LogP contribution in [-0.4, -0.2) is 52.4 Å². The van der Waals surface area contributed by atoms with Gasteiger partial charge in [0.2, 0.25) is 0 Å². The van der Waals surface area contributed by atoms with Crippen LogP contribution in [0.3, 0.4) is 0 Å². The van der Waals surface area contributed by atoms with Gasteiger partial charge in [0, 0.05) is 30.7 Å². The summed E-state index contributed by atoms with van der Waals surface area (Å²) in [4.78, 5) is 0. The van der Waals surface area contributed by atoms with Gasteiger partial charge in [-0.2, -0.15) is 0 Å². The quantitative estimate of drug-likeness (QED) is 0.636. The molecule has 2 rings (SSSR count). The molecular formula is C17H29BrN4. The lowest BCUT2D eigenvalue weighted by Gasteiger charge is -2.20. The molecule has 1 fully saturated rings. The van der Waals surface area contributed by atoms with E-state index >= 15 is 0 Å². The van der Waals surface area contributed by atoms with Crippen molar-refractivity contribution in [3.05, 3.63) is 34.3 Å². The van der Waals surface area contributed by atoms with E-state index in [1.54, 1.807) is 0 Å². The van der Waals surface area contributed by atoms with Gasteiger partial charge in [0.05, 0.1) is 0 Å². The van der Waals surface area contributed by atoms with Crippen LogP contribution in [0.2, 0.25) is 0 Å². The fraction of sp³-hybridized carbons (Fsp3) is 0.647. The maximum atomic E-state index is 3.59. The number of hydrogen-bond acceptors (Lipinski definition) is 4. The number of nitrogens with one attached hydrogen (secondary N) is 4. The molecule has 0 aliphatic carbocycles. The molecule has 1 aliphatic heterocycles. The summed E-state index contributed by atoms with van der Waals surface area (Å²) in [7, 11) is 0. The molecule has 1 saturated heterocycles. The van der Waals surface area contributed by atoms with Crippen LogP contribution < -0.4 is 21.3 Å². The summed E-state index contributed by atoms with van der Waals surface area (Å²) in [5, 5.41) is 14.2. The largest absolute Gasteiger partial charge is 0.315 e. The Balaban J connectivity index is 1.82. The van der Waals surface area contributed by atoms with Gasteiger partial charge >= 0.3 is 0 Å². The van der Waals surface area contributed by atoms with Gasteiger partial charge in [-0.1, -0.05) is 28.1 Å². The number of halogens is 1. The van der Waals surface area contributed by atoms with E-state index in [1.807, 2.05) is 0 Å². The Morgan fingerprint density at radius 2 is 1.50 bits per heavy atom. The summed E-state index contributed by atoms with van der Waals surface area (Å²) in [6.45, 7) is 8.52. The van der Waals surface area contributed by atoms with Gasteiger partial charge in [-0.25, -0.2) is 0 Å². The predicted molar refractivity (Wildman–Crippen MR) is 97.4 cm³/mol. The second kappa shape index (κ2) is 11.1.